The van der Waals surface area contributed by atoms with Crippen LogP contribution >= 0.6 is 0 Å². The van der Waals surface area contributed by atoms with Crippen molar-refractivity contribution in [2.24, 2.45) is 0 Å². The SMILES string of the molecule is CCCCCN(CCCCC)S(=O)(=O)c1ccc2c(c1)C(=O)c1cc(S(=O)(=O)N(CCCCC)CCCCC)ccc1C2=O. The Kier molecular flexibility index (Phi) is 13.8. The molecule has 3 rings (SSSR count). The molecule has 0 radical (unpaired) electrons. The van der Waals surface area contributed by atoms with Crippen LogP contribution in [0.5, 0.6) is 0 Å². The van der Waals surface area contributed by atoms with Gasteiger partial charge in [-0.2, -0.15) is 8.61 Å². The quantitative estimate of drug-likeness (QED) is 0.120. The maximum absolute atomic E-state index is 13.8. The predicted molar refractivity (Wildman–Crippen MR) is 175 cm³/mol. The Hall–Kier alpha value is -2.40. The van der Waals surface area contributed by atoms with Crippen molar-refractivity contribution in [2.45, 2.75) is 115 Å². The van der Waals surface area contributed by atoms with Crippen molar-refractivity contribution in [3.8, 4) is 0 Å². The highest BCUT2D eigenvalue weighted by Gasteiger charge is 2.34. The number of sulfonamides is 2. The summed E-state index contributed by atoms with van der Waals surface area (Å²) in [6.45, 7) is 9.81. The number of rotatable bonds is 20. The Morgan fingerprint density at radius 2 is 0.750 bits per heavy atom. The van der Waals surface area contributed by atoms with E-state index in [-0.39, 0.29) is 32.0 Å². The zero-order valence-electron chi connectivity index (χ0n) is 26.9. The summed E-state index contributed by atoms with van der Waals surface area (Å²) in [6, 6.07) is 8.22. The lowest BCUT2D eigenvalue weighted by Crippen LogP contribution is -2.34. The van der Waals surface area contributed by atoms with E-state index in [1.807, 2.05) is 0 Å². The Morgan fingerprint density at radius 1 is 0.455 bits per heavy atom. The number of fused-ring (bicyclic) bond motifs is 2. The monoisotopic (exact) mass is 646 g/mol. The highest BCUT2D eigenvalue weighted by atomic mass is 32.2. The lowest BCUT2D eigenvalue weighted by molar-refractivity contribution is 0.0978. The fourth-order valence-electron chi connectivity index (χ4n) is 5.58. The normalized spacial score (nSPS) is 13.5. The van der Waals surface area contributed by atoms with Crippen LogP contribution in [0.2, 0.25) is 0 Å². The minimum Gasteiger partial charge on any atom is -0.289 e. The molecule has 0 fully saturated rings. The summed E-state index contributed by atoms with van der Waals surface area (Å²) in [6.07, 6.45) is 10.4. The van der Waals surface area contributed by atoms with E-state index >= 15 is 0 Å². The Labute approximate surface area is 265 Å². The van der Waals surface area contributed by atoms with E-state index in [1.54, 1.807) is 0 Å². The molecule has 8 nitrogen and oxygen atoms in total. The second-order valence-corrected chi connectivity index (χ2v) is 15.6. The van der Waals surface area contributed by atoms with Gasteiger partial charge in [0, 0.05) is 48.4 Å². The van der Waals surface area contributed by atoms with Crippen molar-refractivity contribution < 1.29 is 26.4 Å². The maximum Gasteiger partial charge on any atom is 0.243 e. The standard InChI is InChI=1S/C34H50N2O6S2/c1-5-9-13-21-35(22-14-10-6-2)43(39,40)27-17-19-29-31(25-27)34(38)32-26-28(18-20-30(32)33(29)37)44(41,42)36(23-15-11-7-3)24-16-12-8-4/h17-20,25-26H,5-16,21-24H2,1-4H3. The van der Waals surface area contributed by atoms with Gasteiger partial charge in [0.15, 0.2) is 11.6 Å². The van der Waals surface area contributed by atoms with Crippen molar-refractivity contribution >= 4 is 31.6 Å². The van der Waals surface area contributed by atoms with E-state index in [0.717, 1.165) is 77.0 Å². The fourth-order valence-corrected chi connectivity index (χ4v) is 8.67. The van der Waals surface area contributed by atoms with Crippen molar-refractivity contribution in [3.63, 3.8) is 0 Å². The van der Waals surface area contributed by atoms with E-state index in [0.29, 0.717) is 26.2 Å². The van der Waals surface area contributed by atoms with E-state index in [9.17, 15) is 26.4 Å². The molecule has 0 aromatic heterocycles. The van der Waals surface area contributed by atoms with Gasteiger partial charge >= 0.3 is 0 Å². The second kappa shape index (κ2) is 16.8. The molecule has 0 amide bonds. The smallest absolute Gasteiger partial charge is 0.243 e. The number of benzene rings is 2. The molecule has 0 aliphatic heterocycles. The minimum absolute atomic E-state index is 0.0112. The summed E-state index contributed by atoms with van der Waals surface area (Å²) in [4.78, 5) is 27.2. The Morgan fingerprint density at radius 3 is 1.05 bits per heavy atom. The van der Waals surface area contributed by atoms with Gasteiger partial charge in [0.2, 0.25) is 20.0 Å². The number of ketones is 2. The maximum atomic E-state index is 13.8. The molecule has 1 aliphatic carbocycles. The Bertz CT molecular complexity index is 1370. The number of carbonyl (C=O) groups is 2. The number of nitrogens with zero attached hydrogens (tertiary/aromatic N) is 2. The lowest BCUT2D eigenvalue weighted by atomic mass is 9.84. The van der Waals surface area contributed by atoms with Crippen LogP contribution in [0.15, 0.2) is 46.2 Å². The van der Waals surface area contributed by atoms with E-state index < -0.39 is 31.6 Å². The first-order valence-corrected chi connectivity index (χ1v) is 19.3. The van der Waals surface area contributed by atoms with Crippen LogP contribution in [-0.4, -0.2) is 63.2 Å². The van der Waals surface area contributed by atoms with Gasteiger partial charge in [-0.15, -0.1) is 0 Å². The summed E-state index contributed by atoms with van der Waals surface area (Å²) in [7, 11) is -7.82. The molecule has 1 aliphatic rings. The highest BCUT2D eigenvalue weighted by Crippen LogP contribution is 2.32. The van der Waals surface area contributed by atoms with Crippen molar-refractivity contribution in [1.29, 1.82) is 0 Å². The van der Waals surface area contributed by atoms with Crippen LogP contribution in [0, 0.1) is 0 Å². The average Bonchev–Trinajstić information content (AvgIpc) is 3.01. The molecule has 44 heavy (non-hydrogen) atoms. The van der Waals surface area contributed by atoms with Crippen molar-refractivity contribution in [2.75, 3.05) is 26.2 Å². The van der Waals surface area contributed by atoms with Gasteiger partial charge in [-0.3, -0.25) is 9.59 Å². The summed E-state index contributed by atoms with van der Waals surface area (Å²) >= 11 is 0. The molecule has 0 unspecified atom stereocenters. The molecule has 0 bridgehead atoms. The van der Waals surface area contributed by atoms with Gasteiger partial charge in [0.05, 0.1) is 9.79 Å². The van der Waals surface area contributed by atoms with Gasteiger partial charge in [0.25, 0.3) is 0 Å². The predicted octanol–water partition coefficient (Wildman–Crippen LogP) is 7.20. The van der Waals surface area contributed by atoms with E-state index in [4.69, 9.17) is 0 Å². The molecule has 0 spiro atoms. The van der Waals surface area contributed by atoms with E-state index in [2.05, 4.69) is 27.7 Å². The van der Waals surface area contributed by atoms with Crippen LogP contribution in [0.3, 0.4) is 0 Å². The average molecular weight is 647 g/mol. The number of carbonyl (C=O) groups excluding carboxylic acids is 2. The molecule has 244 valence electrons. The number of hydrogen-bond acceptors (Lipinski definition) is 6. The third-order valence-electron chi connectivity index (χ3n) is 8.28. The first kappa shape index (κ1) is 36.1. The first-order chi connectivity index (χ1) is 21.0. The summed E-state index contributed by atoms with van der Waals surface area (Å²) in [5.41, 5.74) is 0.230. The van der Waals surface area contributed by atoms with Gasteiger partial charge < -0.3 is 0 Å². The van der Waals surface area contributed by atoms with Crippen LogP contribution in [0.4, 0.5) is 0 Å². The van der Waals surface area contributed by atoms with Crippen molar-refractivity contribution in [3.05, 3.63) is 58.7 Å². The van der Waals surface area contributed by atoms with Crippen molar-refractivity contribution in [1.82, 2.24) is 8.61 Å². The molecule has 2 aromatic rings. The minimum atomic E-state index is -3.91. The van der Waals surface area contributed by atoms with Gasteiger partial charge in [-0.05, 0) is 62.1 Å². The third-order valence-corrected chi connectivity index (χ3v) is 12.1. The van der Waals surface area contributed by atoms with E-state index in [1.165, 1.54) is 45.0 Å². The van der Waals surface area contributed by atoms with Crippen LogP contribution in [-0.2, 0) is 20.0 Å². The summed E-state index contributed by atoms with van der Waals surface area (Å²) < 4.78 is 58.0. The van der Waals surface area contributed by atoms with Crippen LogP contribution in [0.1, 0.15) is 137 Å². The molecule has 0 saturated carbocycles. The van der Waals surface area contributed by atoms with Gasteiger partial charge in [0.1, 0.15) is 0 Å². The Balaban J connectivity index is 1.99. The molecule has 10 heteroatoms. The third kappa shape index (κ3) is 8.44. The van der Waals surface area contributed by atoms with Crippen LogP contribution < -0.4 is 0 Å². The number of hydrogen-bond donors (Lipinski definition) is 0. The van der Waals surface area contributed by atoms with Crippen LogP contribution in [0.25, 0.3) is 0 Å². The molecule has 0 heterocycles. The largest absolute Gasteiger partial charge is 0.289 e. The summed E-state index contributed by atoms with van der Waals surface area (Å²) in [5, 5.41) is 0. The molecular weight excluding hydrogens is 597 g/mol. The molecule has 0 atom stereocenters. The topological polar surface area (TPSA) is 109 Å². The van der Waals surface area contributed by atoms with Gasteiger partial charge in [-0.25, -0.2) is 16.8 Å². The molecule has 0 N–H and O–H groups in total. The summed E-state index contributed by atoms with van der Waals surface area (Å²) in [5.74, 6) is -0.969. The van der Waals surface area contributed by atoms with Gasteiger partial charge in [-0.1, -0.05) is 79.1 Å². The second-order valence-electron chi connectivity index (χ2n) is 11.7. The molecular formula is C34H50N2O6S2. The highest BCUT2D eigenvalue weighted by molar-refractivity contribution is 7.89. The fraction of sp³-hybridized carbons (Fsp3) is 0.588. The zero-order chi connectivity index (χ0) is 32.3. The first-order valence-electron chi connectivity index (χ1n) is 16.4. The lowest BCUT2D eigenvalue weighted by Gasteiger charge is -2.25. The molecule has 0 saturated heterocycles. The zero-order valence-corrected chi connectivity index (χ0v) is 28.6. The molecule has 2 aromatic carbocycles. The number of unbranched alkanes of at least 4 members (excludes halogenated alkanes) is 8.